The molecule has 1 N–H and O–H groups in total. The fourth-order valence-corrected chi connectivity index (χ4v) is 1.94. The van der Waals surface area contributed by atoms with Crippen LogP contribution in [0.4, 0.5) is 13.2 Å². The van der Waals surface area contributed by atoms with E-state index in [1.807, 2.05) is 6.92 Å². The molecule has 0 radical (unpaired) electrons. The van der Waals surface area contributed by atoms with E-state index in [0.29, 0.717) is 17.4 Å². The minimum Gasteiger partial charge on any atom is -0.483 e. The van der Waals surface area contributed by atoms with Gasteiger partial charge in [-0.1, -0.05) is 0 Å². The van der Waals surface area contributed by atoms with Crippen molar-refractivity contribution in [2.45, 2.75) is 19.6 Å². The molecule has 0 aliphatic carbocycles. The van der Waals surface area contributed by atoms with Gasteiger partial charge < -0.3 is 14.4 Å². The summed E-state index contributed by atoms with van der Waals surface area (Å²) < 4.78 is 43.1. The first kappa shape index (κ1) is 14.2. The van der Waals surface area contributed by atoms with Crippen molar-refractivity contribution in [1.82, 2.24) is 4.57 Å². The third-order valence-corrected chi connectivity index (χ3v) is 2.83. The number of benzene rings is 1. The topological polar surface area (TPSA) is 51.5 Å². The highest BCUT2D eigenvalue weighted by Crippen LogP contribution is 2.30. The van der Waals surface area contributed by atoms with Crippen molar-refractivity contribution < 1.29 is 27.8 Å². The van der Waals surface area contributed by atoms with Crippen LogP contribution in [0.3, 0.4) is 0 Å². The Balaban J connectivity index is 2.51. The Morgan fingerprint density at radius 3 is 2.65 bits per heavy atom. The van der Waals surface area contributed by atoms with Gasteiger partial charge in [0.2, 0.25) is 0 Å². The Morgan fingerprint density at radius 1 is 1.40 bits per heavy atom. The first-order valence-electron chi connectivity index (χ1n) is 5.87. The van der Waals surface area contributed by atoms with E-state index in [1.165, 1.54) is 6.07 Å². The molecular weight excluding hydrogens is 275 g/mol. The molecule has 0 aliphatic heterocycles. The molecule has 1 heterocycles. The van der Waals surface area contributed by atoms with E-state index in [0.717, 1.165) is 6.07 Å². The van der Waals surface area contributed by atoms with Gasteiger partial charge in [-0.2, -0.15) is 13.2 Å². The Hall–Kier alpha value is -2.18. The highest BCUT2D eigenvalue weighted by Gasteiger charge is 2.29. The lowest BCUT2D eigenvalue weighted by Gasteiger charge is -2.11. The first-order chi connectivity index (χ1) is 9.31. The number of alkyl halides is 3. The van der Waals surface area contributed by atoms with Gasteiger partial charge in [0.15, 0.2) is 6.61 Å². The van der Waals surface area contributed by atoms with Gasteiger partial charge in [0.1, 0.15) is 5.75 Å². The molecule has 4 nitrogen and oxygen atoms in total. The predicted molar refractivity (Wildman–Crippen MR) is 66.1 cm³/mol. The zero-order valence-electron chi connectivity index (χ0n) is 10.6. The number of ether oxygens (including phenoxy) is 1. The van der Waals surface area contributed by atoms with Crippen molar-refractivity contribution in [2.24, 2.45) is 0 Å². The number of fused-ring (bicyclic) bond motifs is 1. The van der Waals surface area contributed by atoms with Crippen molar-refractivity contribution in [3.8, 4) is 5.75 Å². The summed E-state index contributed by atoms with van der Waals surface area (Å²) in [6, 6.07) is 4.13. The maximum Gasteiger partial charge on any atom is 0.422 e. The number of aryl methyl sites for hydroxylation is 1. The van der Waals surface area contributed by atoms with E-state index >= 15 is 0 Å². The van der Waals surface area contributed by atoms with Crippen molar-refractivity contribution in [1.29, 1.82) is 0 Å². The van der Waals surface area contributed by atoms with Crippen LogP contribution in [0.2, 0.25) is 0 Å². The molecule has 20 heavy (non-hydrogen) atoms. The highest BCUT2D eigenvalue weighted by atomic mass is 19.4. The van der Waals surface area contributed by atoms with Crippen LogP contribution in [-0.2, 0) is 6.54 Å². The molecule has 0 bridgehead atoms. The van der Waals surface area contributed by atoms with E-state index in [1.54, 1.807) is 16.8 Å². The van der Waals surface area contributed by atoms with E-state index in [4.69, 9.17) is 9.84 Å². The van der Waals surface area contributed by atoms with E-state index < -0.39 is 18.8 Å². The van der Waals surface area contributed by atoms with Crippen LogP contribution in [0.25, 0.3) is 10.9 Å². The molecule has 0 spiro atoms. The first-order valence-corrected chi connectivity index (χ1v) is 5.87. The number of hydrogen-bond donors (Lipinski definition) is 1. The number of carbonyl (C=O) groups is 1. The average molecular weight is 287 g/mol. The summed E-state index contributed by atoms with van der Waals surface area (Å²) in [7, 11) is 0. The second kappa shape index (κ2) is 5.07. The fourth-order valence-electron chi connectivity index (χ4n) is 1.94. The molecule has 0 fully saturated rings. The number of carboxylic acids is 1. The number of aromatic nitrogens is 1. The van der Waals surface area contributed by atoms with Crippen LogP contribution in [0.15, 0.2) is 24.4 Å². The molecule has 1 aromatic heterocycles. The van der Waals surface area contributed by atoms with Gasteiger partial charge in [-0.25, -0.2) is 4.79 Å². The summed E-state index contributed by atoms with van der Waals surface area (Å²) in [5, 5.41) is 9.47. The molecule has 0 aliphatic rings. The normalized spacial score (nSPS) is 11.8. The quantitative estimate of drug-likeness (QED) is 0.938. The highest BCUT2D eigenvalue weighted by molar-refractivity contribution is 5.96. The maximum atomic E-state index is 12.2. The van der Waals surface area contributed by atoms with Gasteiger partial charge in [0.25, 0.3) is 0 Å². The predicted octanol–water partition coefficient (Wildman–Crippen LogP) is 3.30. The molecule has 0 saturated heterocycles. The number of hydrogen-bond acceptors (Lipinski definition) is 2. The second-order valence-corrected chi connectivity index (χ2v) is 4.22. The lowest BCUT2D eigenvalue weighted by molar-refractivity contribution is -0.153. The third-order valence-electron chi connectivity index (χ3n) is 2.83. The smallest absolute Gasteiger partial charge is 0.422 e. The Bertz CT molecular complexity index is 646. The third kappa shape index (κ3) is 2.87. The minimum absolute atomic E-state index is 0.0792. The van der Waals surface area contributed by atoms with Gasteiger partial charge in [-0.05, 0) is 25.1 Å². The summed E-state index contributed by atoms with van der Waals surface area (Å²) in [5.41, 5.74) is 0.424. The van der Waals surface area contributed by atoms with Crippen molar-refractivity contribution in [3.05, 3.63) is 30.0 Å². The molecule has 7 heteroatoms. The molecule has 0 amide bonds. The summed E-state index contributed by atoms with van der Waals surface area (Å²) >= 11 is 0. The van der Waals surface area contributed by atoms with E-state index in [-0.39, 0.29) is 11.3 Å². The number of rotatable bonds is 4. The van der Waals surface area contributed by atoms with Crippen LogP contribution in [0, 0.1) is 0 Å². The van der Waals surface area contributed by atoms with Crippen LogP contribution >= 0.6 is 0 Å². The number of halogens is 3. The lowest BCUT2D eigenvalue weighted by atomic mass is 10.1. The number of aromatic carboxylic acids is 1. The van der Waals surface area contributed by atoms with Crippen molar-refractivity contribution >= 4 is 16.9 Å². The van der Waals surface area contributed by atoms with Gasteiger partial charge in [0, 0.05) is 18.1 Å². The zero-order valence-corrected chi connectivity index (χ0v) is 10.6. The van der Waals surface area contributed by atoms with E-state index in [9.17, 15) is 18.0 Å². The summed E-state index contributed by atoms with van der Waals surface area (Å²) in [6.45, 7) is 0.969. The Morgan fingerprint density at radius 2 is 2.10 bits per heavy atom. The molecule has 1 aromatic carbocycles. The zero-order chi connectivity index (χ0) is 14.9. The standard InChI is InChI=1S/C13H12F3NO3/c1-2-17-4-3-9-10(17)5-8(12(18)19)6-11(9)20-7-13(14,15)16/h3-6H,2,7H2,1H3,(H,18,19). The molecule has 0 atom stereocenters. The molecule has 2 rings (SSSR count). The lowest BCUT2D eigenvalue weighted by Crippen LogP contribution is -2.19. The van der Waals surface area contributed by atoms with Gasteiger partial charge >= 0.3 is 12.1 Å². The molecule has 0 unspecified atom stereocenters. The summed E-state index contributed by atoms with van der Waals surface area (Å²) in [4.78, 5) is 11.0. The molecular formula is C13H12F3NO3. The van der Waals surface area contributed by atoms with E-state index in [2.05, 4.69) is 0 Å². The Labute approximate surface area is 112 Å². The monoisotopic (exact) mass is 287 g/mol. The van der Waals surface area contributed by atoms with Gasteiger partial charge in [-0.3, -0.25) is 0 Å². The maximum absolute atomic E-state index is 12.2. The van der Waals surface area contributed by atoms with Crippen molar-refractivity contribution in [2.75, 3.05) is 6.61 Å². The average Bonchev–Trinajstić information content (AvgIpc) is 2.77. The Kier molecular flexibility index (Phi) is 3.61. The number of carboxylic acid groups (broad SMARTS) is 1. The second-order valence-electron chi connectivity index (χ2n) is 4.22. The van der Waals surface area contributed by atoms with Gasteiger partial charge in [0.05, 0.1) is 11.1 Å². The van der Waals surface area contributed by atoms with Crippen LogP contribution in [0.1, 0.15) is 17.3 Å². The molecule has 0 saturated carbocycles. The molecule has 2 aromatic rings. The van der Waals surface area contributed by atoms with Crippen LogP contribution < -0.4 is 4.74 Å². The van der Waals surface area contributed by atoms with Crippen LogP contribution in [-0.4, -0.2) is 28.4 Å². The SMILES string of the molecule is CCn1ccc2c(OCC(F)(F)F)cc(C(=O)O)cc21. The number of nitrogens with zero attached hydrogens (tertiary/aromatic N) is 1. The van der Waals surface area contributed by atoms with Crippen LogP contribution in [0.5, 0.6) is 5.75 Å². The molecule has 108 valence electrons. The minimum atomic E-state index is -4.47. The largest absolute Gasteiger partial charge is 0.483 e. The summed E-state index contributed by atoms with van der Waals surface area (Å²) in [5.74, 6) is -1.29. The summed E-state index contributed by atoms with van der Waals surface area (Å²) in [6.07, 6.45) is -2.80. The van der Waals surface area contributed by atoms with Gasteiger partial charge in [-0.15, -0.1) is 0 Å². The fraction of sp³-hybridized carbons (Fsp3) is 0.308. The van der Waals surface area contributed by atoms with Crippen molar-refractivity contribution in [3.63, 3.8) is 0 Å².